The number of carboxylic acids is 2. The van der Waals surface area contributed by atoms with E-state index in [4.69, 9.17) is 30.6 Å². The van der Waals surface area contributed by atoms with E-state index in [0.717, 1.165) is 6.08 Å². The highest BCUT2D eigenvalue weighted by Crippen LogP contribution is 2.20. The fourth-order valence-electron chi connectivity index (χ4n) is 2.36. The van der Waals surface area contributed by atoms with Crippen molar-refractivity contribution in [3.63, 3.8) is 0 Å². The minimum atomic E-state index is -5.08. The number of aliphatic hydroxyl groups is 1. The van der Waals surface area contributed by atoms with E-state index in [1.807, 2.05) is 6.92 Å². The van der Waals surface area contributed by atoms with Crippen LogP contribution in [0.5, 0.6) is 0 Å². The van der Waals surface area contributed by atoms with Gasteiger partial charge in [-0.3, -0.25) is 9.59 Å². The highest BCUT2D eigenvalue weighted by molar-refractivity contribution is 5.88. The number of aliphatic carboxylic acids is 2. The van der Waals surface area contributed by atoms with Gasteiger partial charge in [-0.1, -0.05) is 6.92 Å². The zero-order valence-corrected chi connectivity index (χ0v) is 16.2. The number of hydrogen-bond acceptors (Lipinski definition) is 7. The first-order chi connectivity index (χ1) is 13.8. The van der Waals surface area contributed by atoms with Gasteiger partial charge in [-0.05, 0) is 12.5 Å². The van der Waals surface area contributed by atoms with Crippen LogP contribution in [0.2, 0.25) is 0 Å². The summed E-state index contributed by atoms with van der Waals surface area (Å²) >= 11 is 0. The predicted octanol–water partition coefficient (Wildman–Crippen LogP) is -0.950. The van der Waals surface area contributed by atoms with E-state index >= 15 is 0 Å². The van der Waals surface area contributed by atoms with Crippen LogP contribution in [0, 0.1) is 0 Å². The molecule has 172 valence electrons. The molecule has 0 aliphatic carbocycles. The summed E-state index contributed by atoms with van der Waals surface area (Å²) in [4.78, 5) is 45.4. The van der Waals surface area contributed by atoms with E-state index in [9.17, 15) is 27.6 Å². The number of hydrogen-bond donors (Lipinski definition) is 5. The topological polar surface area (TPSA) is 179 Å². The Bertz CT molecular complexity index is 663. The van der Waals surface area contributed by atoms with Gasteiger partial charge in [0.2, 0.25) is 11.7 Å². The Balaban J connectivity index is 0.00000103. The first kappa shape index (κ1) is 27.1. The molecular formula is C16H24F3N3O8. The Morgan fingerprint density at radius 2 is 1.77 bits per heavy atom. The molecule has 30 heavy (non-hydrogen) atoms. The smallest absolute Gasteiger partial charge is 0.475 e. The summed E-state index contributed by atoms with van der Waals surface area (Å²) in [5.74, 6) is -5.47. The molecule has 0 radical (unpaired) electrons. The molecule has 3 atom stereocenters. The number of carbonyl (C=O) groups excluding carboxylic acids is 2. The molecule has 0 aromatic carbocycles. The van der Waals surface area contributed by atoms with Crippen LogP contribution in [-0.4, -0.2) is 88.0 Å². The van der Waals surface area contributed by atoms with Crippen molar-refractivity contribution >= 4 is 23.8 Å². The number of halogens is 3. The molecule has 0 aromatic rings. The van der Waals surface area contributed by atoms with Gasteiger partial charge in [0.1, 0.15) is 0 Å². The van der Waals surface area contributed by atoms with Gasteiger partial charge in [0.15, 0.2) is 6.10 Å². The van der Waals surface area contributed by atoms with Crippen molar-refractivity contribution in [2.45, 2.75) is 44.6 Å². The third-order valence-corrected chi connectivity index (χ3v) is 3.58. The minimum absolute atomic E-state index is 0.0840. The zero-order chi connectivity index (χ0) is 23.6. The van der Waals surface area contributed by atoms with Gasteiger partial charge in [0, 0.05) is 20.0 Å². The molecule has 0 saturated heterocycles. The van der Waals surface area contributed by atoms with Crippen LogP contribution >= 0.6 is 0 Å². The summed E-state index contributed by atoms with van der Waals surface area (Å²) in [6.07, 6.45) is -4.54. The standard InChI is InChI=1S/C14H23N3O6.C2HF3O2/c1-3-4-17(5-6-18)13(20)12-11(16-8(2)19)9(15)7-10(23-12)14(21)22;3-2(4,5)1(6)7/h7,9,11-12,18H,3-6,15H2,1-2H3,(H,16,19)(H,21,22);(H,6,7)/t9-,11+,12+;/m0./s1. The van der Waals surface area contributed by atoms with E-state index in [-0.39, 0.29) is 13.2 Å². The maximum absolute atomic E-state index is 12.6. The summed E-state index contributed by atoms with van der Waals surface area (Å²) < 4.78 is 37.0. The molecule has 14 heteroatoms. The molecule has 1 rings (SSSR count). The fourth-order valence-corrected chi connectivity index (χ4v) is 2.36. The Hall–Kier alpha value is -2.87. The summed E-state index contributed by atoms with van der Waals surface area (Å²) in [7, 11) is 0. The van der Waals surface area contributed by atoms with Gasteiger partial charge in [-0.15, -0.1) is 0 Å². The highest BCUT2D eigenvalue weighted by atomic mass is 19.4. The second kappa shape index (κ2) is 12.0. The molecule has 0 fully saturated rings. The van der Waals surface area contributed by atoms with Crippen molar-refractivity contribution in [2.75, 3.05) is 19.7 Å². The number of amides is 2. The molecule has 0 aromatic heterocycles. The number of nitrogens with zero attached hydrogens (tertiary/aromatic N) is 1. The quantitative estimate of drug-likeness (QED) is 0.332. The van der Waals surface area contributed by atoms with Crippen LogP contribution in [-0.2, 0) is 23.9 Å². The SMILES string of the molecule is CCCN(CCO)C(=O)[C@@H]1OC(C(=O)O)=C[C@H](N)[C@H]1NC(C)=O.O=C(O)C(F)(F)F. The number of nitrogens with two attached hydrogens (primary N) is 1. The van der Waals surface area contributed by atoms with Crippen LogP contribution in [0.3, 0.4) is 0 Å². The Labute approximate surface area is 169 Å². The monoisotopic (exact) mass is 443 g/mol. The van der Waals surface area contributed by atoms with Gasteiger partial charge >= 0.3 is 18.1 Å². The van der Waals surface area contributed by atoms with Gasteiger partial charge < -0.3 is 36.0 Å². The molecule has 1 aliphatic rings. The third kappa shape index (κ3) is 8.65. The molecular weight excluding hydrogens is 419 g/mol. The van der Waals surface area contributed by atoms with Crippen LogP contribution in [0.1, 0.15) is 20.3 Å². The van der Waals surface area contributed by atoms with Crippen molar-refractivity contribution < 1.29 is 52.4 Å². The van der Waals surface area contributed by atoms with Gasteiger partial charge in [0.25, 0.3) is 5.91 Å². The fraction of sp³-hybridized carbons (Fsp3) is 0.625. The maximum atomic E-state index is 12.6. The Morgan fingerprint density at radius 3 is 2.13 bits per heavy atom. The molecule has 0 bridgehead atoms. The predicted molar refractivity (Wildman–Crippen MR) is 93.8 cm³/mol. The maximum Gasteiger partial charge on any atom is 0.490 e. The summed E-state index contributed by atoms with van der Waals surface area (Å²) in [5, 5.41) is 27.8. The lowest BCUT2D eigenvalue weighted by Crippen LogP contribution is -2.61. The number of carboxylic acid groups (broad SMARTS) is 2. The van der Waals surface area contributed by atoms with Crippen molar-refractivity contribution in [1.82, 2.24) is 10.2 Å². The lowest BCUT2D eigenvalue weighted by Gasteiger charge is -2.36. The van der Waals surface area contributed by atoms with Gasteiger partial charge in [-0.2, -0.15) is 13.2 Å². The van der Waals surface area contributed by atoms with Crippen molar-refractivity contribution in [3.8, 4) is 0 Å². The molecule has 0 spiro atoms. The lowest BCUT2D eigenvalue weighted by atomic mass is 9.97. The normalized spacial score (nSPS) is 20.6. The minimum Gasteiger partial charge on any atom is -0.475 e. The Morgan fingerprint density at radius 1 is 1.23 bits per heavy atom. The first-order valence-corrected chi connectivity index (χ1v) is 8.60. The summed E-state index contributed by atoms with van der Waals surface area (Å²) in [6.45, 7) is 3.34. The molecule has 0 unspecified atom stereocenters. The van der Waals surface area contributed by atoms with E-state index in [2.05, 4.69) is 5.32 Å². The first-order valence-electron chi connectivity index (χ1n) is 8.60. The van der Waals surface area contributed by atoms with E-state index < -0.39 is 53.9 Å². The zero-order valence-electron chi connectivity index (χ0n) is 16.2. The summed E-state index contributed by atoms with van der Waals surface area (Å²) in [6, 6.07) is -1.77. The van der Waals surface area contributed by atoms with Gasteiger partial charge in [-0.25, -0.2) is 9.59 Å². The van der Waals surface area contributed by atoms with Crippen LogP contribution in [0.25, 0.3) is 0 Å². The lowest BCUT2D eigenvalue weighted by molar-refractivity contribution is -0.192. The molecule has 1 heterocycles. The van der Waals surface area contributed by atoms with Crippen LogP contribution in [0.15, 0.2) is 11.8 Å². The van der Waals surface area contributed by atoms with Gasteiger partial charge in [0.05, 0.1) is 18.7 Å². The number of nitrogens with one attached hydrogen (secondary N) is 1. The second-order valence-corrected chi connectivity index (χ2v) is 6.03. The number of rotatable bonds is 7. The van der Waals surface area contributed by atoms with Crippen LogP contribution in [0.4, 0.5) is 13.2 Å². The second-order valence-electron chi connectivity index (χ2n) is 6.03. The number of carbonyl (C=O) groups is 4. The van der Waals surface area contributed by atoms with E-state index in [1.54, 1.807) is 0 Å². The van der Waals surface area contributed by atoms with Crippen molar-refractivity contribution in [1.29, 1.82) is 0 Å². The Kier molecular flexibility index (Phi) is 10.8. The van der Waals surface area contributed by atoms with Crippen LogP contribution < -0.4 is 11.1 Å². The highest BCUT2D eigenvalue weighted by Gasteiger charge is 2.42. The molecule has 11 nitrogen and oxygen atoms in total. The van der Waals surface area contributed by atoms with Crippen molar-refractivity contribution in [2.24, 2.45) is 5.73 Å². The van der Waals surface area contributed by atoms with Crippen molar-refractivity contribution in [3.05, 3.63) is 11.8 Å². The third-order valence-electron chi connectivity index (χ3n) is 3.58. The molecule has 1 aliphatic heterocycles. The average molecular weight is 443 g/mol. The average Bonchev–Trinajstić information content (AvgIpc) is 2.61. The summed E-state index contributed by atoms with van der Waals surface area (Å²) in [5.41, 5.74) is 5.88. The molecule has 0 saturated carbocycles. The number of ether oxygens (including phenoxy) is 1. The van der Waals surface area contributed by atoms with E-state index in [1.165, 1.54) is 11.8 Å². The molecule has 2 amide bonds. The molecule has 6 N–H and O–H groups in total. The largest absolute Gasteiger partial charge is 0.490 e. The number of aliphatic hydroxyl groups excluding tert-OH is 1. The number of alkyl halides is 3. The van der Waals surface area contributed by atoms with E-state index in [0.29, 0.717) is 13.0 Å².